The van der Waals surface area contributed by atoms with Crippen LogP contribution >= 0.6 is 0 Å². The number of para-hydroxylation sites is 1. The first kappa shape index (κ1) is 12.7. The summed E-state index contributed by atoms with van der Waals surface area (Å²) in [6.07, 6.45) is -4.49. The third-order valence-electron chi connectivity index (χ3n) is 2.94. The average molecular weight is 258 g/mol. The zero-order chi connectivity index (χ0) is 13.6. The third-order valence-corrected chi connectivity index (χ3v) is 2.94. The van der Waals surface area contributed by atoms with Gasteiger partial charge in [0.1, 0.15) is 0 Å². The summed E-state index contributed by atoms with van der Waals surface area (Å²) < 4.78 is 38.5. The van der Waals surface area contributed by atoms with Crippen molar-refractivity contribution in [3.05, 3.63) is 23.8 Å². The Morgan fingerprint density at radius 3 is 2.56 bits per heavy atom. The second-order valence-electron chi connectivity index (χ2n) is 4.92. The highest BCUT2D eigenvalue weighted by atomic mass is 19.4. The van der Waals surface area contributed by atoms with Gasteiger partial charge in [-0.2, -0.15) is 13.2 Å². The van der Waals surface area contributed by atoms with Crippen molar-refractivity contribution in [2.45, 2.75) is 20.0 Å². The highest BCUT2D eigenvalue weighted by Crippen LogP contribution is 2.40. The van der Waals surface area contributed by atoms with E-state index in [2.05, 4.69) is 10.6 Å². The number of alkyl halides is 3. The monoisotopic (exact) mass is 258 g/mol. The predicted octanol–water partition coefficient (Wildman–Crippen LogP) is 3.10. The van der Waals surface area contributed by atoms with Crippen molar-refractivity contribution < 1.29 is 18.0 Å². The molecule has 1 aliphatic rings. The minimum Gasteiger partial charge on any atom is -0.382 e. The van der Waals surface area contributed by atoms with Gasteiger partial charge in [0, 0.05) is 6.54 Å². The quantitative estimate of drug-likeness (QED) is 0.750. The van der Waals surface area contributed by atoms with Crippen LogP contribution in [0.15, 0.2) is 18.2 Å². The molecule has 1 heterocycles. The van der Waals surface area contributed by atoms with Crippen LogP contribution in [0.3, 0.4) is 0 Å². The van der Waals surface area contributed by atoms with E-state index in [1.807, 2.05) is 0 Å². The van der Waals surface area contributed by atoms with E-state index in [1.54, 1.807) is 13.8 Å². The average Bonchev–Trinajstić information content (AvgIpc) is 2.35. The molecule has 6 heteroatoms. The number of hydrogen-bond donors (Lipinski definition) is 2. The van der Waals surface area contributed by atoms with E-state index in [9.17, 15) is 18.0 Å². The summed E-state index contributed by atoms with van der Waals surface area (Å²) in [6.45, 7) is 3.64. The first-order valence-corrected chi connectivity index (χ1v) is 5.47. The lowest BCUT2D eigenvalue weighted by Gasteiger charge is -2.20. The Balaban J connectivity index is 2.53. The van der Waals surface area contributed by atoms with E-state index >= 15 is 0 Å². The standard InChI is InChI=1S/C12H13F3N2O/c1-11(2)6-16-8-5-3-4-7(12(13,14)15)9(8)17-10(11)18/h3-5,16H,6H2,1-2H3,(H,17,18). The molecule has 1 aliphatic heterocycles. The summed E-state index contributed by atoms with van der Waals surface area (Å²) in [5, 5.41) is 5.24. The number of rotatable bonds is 0. The summed E-state index contributed by atoms with van der Waals surface area (Å²) in [4.78, 5) is 11.9. The van der Waals surface area contributed by atoms with E-state index in [0.717, 1.165) is 6.07 Å². The maximum absolute atomic E-state index is 12.8. The molecule has 0 fully saturated rings. The van der Waals surface area contributed by atoms with E-state index < -0.39 is 23.1 Å². The molecule has 3 nitrogen and oxygen atoms in total. The maximum atomic E-state index is 12.8. The molecule has 0 saturated heterocycles. The summed E-state index contributed by atoms with van der Waals surface area (Å²) in [5.41, 5.74) is -1.50. The fourth-order valence-electron chi connectivity index (χ4n) is 1.75. The minimum atomic E-state index is -4.49. The molecular weight excluding hydrogens is 245 g/mol. The van der Waals surface area contributed by atoms with Crippen LogP contribution in [0.2, 0.25) is 0 Å². The molecule has 0 bridgehead atoms. The largest absolute Gasteiger partial charge is 0.418 e. The maximum Gasteiger partial charge on any atom is 0.418 e. The topological polar surface area (TPSA) is 41.1 Å². The van der Waals surface area contributed by atoms with Crippen LogP contribution in [0.5, 0.6) is 0 Å². The van der Waals surface area contributed by atoms with Crippen LogP contribution in [0, 0.1) is 5.41 Å². The number of anilines is 2. The minimum absolute atomic E-state index is 0.194. The lowest BCUT2D eigenvalue weighted by Crippen LogP contribution is -2.34. The number of amides is 1. The van der Waals surface area contributed by atoms with E-state index in [4.69, 9.17) is 0 Å². The van der Waals surface area contributed by atoms with Crippen LogP contribution in [-0.2, 0) is 11.0 Å². The number of carbonyl (C=O) groups is 1. The number of nitrogens with one attached hydrogen (secondary N) is 2. The number of carbonyl (C=O) groups excluding carboxylic acids is 1. The number of benzene rings is 1. The van der Waals surface area contributed by atoms with Gasteiger partial charge in [-0.25, -0.2) is 0 Å². The van der Waals surface area contributed by atoms with Gasteiger partial charge in [-0.1, -0.05) is 6.07 Å². The zero-order valence-electron chi connectivity index (χ0n) is 9.98. The highest BCUT2D eigenvalue weighted by molar-refractivity contribution is 6.00. The van der Waals surface area contributed by atoms with Crippen LogP contribution in [0.1, 0.15) is 19.4 Å². The number of fused-ring (bicyclic) bond motifs is 1. The molecular formula is C12H13F3N2O. The smallest absolute Gasteiger partial charge is 0.382 e. The fourth-order valence-corrected chi connectivity index (χ4v) is 1.75. The molecule has 0 aliphatic carbocycles. The third kappa shape index (κ3) is 2.14. The van der Waals surface area contributed by atoms with Gasteiger partial charge in [-0.15, -0.1) is 0 Å². The Bertz CT molecular complexity index is 495. The molecule has 0 saturated carbocycles. The van der Waals surface area contributed by atoms with Crippen molar-refractivity contribution in [1.82, 2.24) is 0 Å². The van der Waals surface area contributed by atoms with Gasteiger partial charge in [-0.3, -0.25) is 4.79 Å². The lowest BCUT2D eigenvalue weighted by atomic mass is 9.93. The summed E-state index contributed by atoms with van der Waals surface area (Å²) in [7, 11) is 0. The van der Waals surface area contributed by atoms with E-state index in [1.165, 1.54) is 12.1 Å². The van der Waals surface area contributed by atoms with Crippen molar-refractivity contribution in [3.8, 4) is 0 Å². The second-order valence-corrected chi connectivity index (χ2v) is 4.92. The van der Waals surface area contributed by atoms with Crippen molar-refractivity contribution >= 4 is 17.3 Å². The summed E-state index contributed by atoms with van der Waals surface area (Å²) >= 11 is 0. The van der Waals surface area contributed by atoms with Crippen LogP contribution in [0.4, 0.5) is 24.5 Å². The van der Waals surface area contributed by atoms with E-state index in [-0.39, 0.29) is 12.2 Å². The molecule has 2 N–H and O–H groups in total. The molecule has 18 heavy (non-hydrogen) atoms. The van der Waals surface area contributed by atoms with Crippen LogP contribution in [0.25, 0.3) is 0 Å². The van der Waals surface area contributed by atoms with Crippen molar-refractivity contribution in [3.63, 3.8) is 0 Å². The van der Waals surface area contributed by atoms with Gasteiger partial charge in [0.2, 0.25) is 5.91 Å². The van der Waals surface area contributed by atoms with Gasteiger partial charge < -0.3 is 10.6 Å². The normalized spacial score (nSPS) is 18.4. The Labute approximate surface area is 102 Å². The molecule has 98 valence electrons. The van der Waals surface area contributed by atoms with Gasteiger partial charge in [-0.05, 0) is 26.0 Å². The molecule has 1 aromatic rings. The fraction of sp³-hybridized carbons (Fsp3) is 0.417. The van der Waals surface area contributed by atoms with Gasteiger partial charge >= 0.3 is 6.18 Å². The lowest BCUT2D eigenvalue weighted by molar-refractivity contribution is -0.137. The molecule has 1 amide bonds. The molecule has 0 unspecified atom stereocenters. The predicted molar refractivity (Wildman–Crippen MR) is 62.3 cm³/mol. The van der Waals surface area contributed by atoms with Crippen molar-refractivity contribution in [2.75, 3.05) is 17.2 Å². The van der Waals surface area contributed by atoms with Crippen LogP contribution in [-0.4, -0.2) is 12.5 Å². The van der Waals surface area contributed by atoms with Gasteiger partial charge in [0.05, 0.1) is 22.4 Å². The van der Waals surface area contributed by atoms with Gasteiger partial charge in [0.15, 0.2) is 0 Å². The van der Waals surface area contributed by atoms with Crippen LogP contribution < -0.4 is 10.6 Å². The summed E-state index contributed by atoms with van der Waals surface area (Å²) in [5.74, 6) is -0.426. The van der Waals surface area contributed by atoms with Crippen molar-refractivity contribution in [1.29, 1.82) is 0 Å². The van der Waals surface area contributed by atoms with E-state index in [0.29, 0.717) is 5.69 Å². The number of halogens is 3. The molecule has 0 radical (unpaired) electrons. The molecule has 2 rings (SSSR count). The Kier molecular flexibility index (Phi) is 2.76. The summed E-state index contributed by atoms with van der Waals surface area (Å²) in [6, 6.07) is 3.80. The molecule has 0 atom stereocenters. The first-order valence-electron chi connectivity index (χ1n) is 5.47. The Hall–Kier alpha value is -1.72. The zero-order valence-corrected chi connectivity index (χ0v) is 9.98. The second kappa shape index (κ2) is 3.90. The SMILES string of the molecule is CC1(C)CNc2cccc(C(F)(F)F)c2NC1=O. The highest BCUT2D eigenvalue weighted by Gasteiger charge is 2.38. The molecule has 0 aromatic heterocycles. The number of hydrogen-bond acceptors (Lipinski definition) is 2. The Morgan fingerprint density at radius 2 is 1.94 bits per heavy atom. The van der Waals surface area contributed by atoms with Crippen molar-refractivity contribution in [2.24, 2.45) is 5.41 Å². The Morgan fingerprint density at radius 1 is 1.28 bits per heavy atom. The molecule has 1 aromatic carbocycles. The molecule has 0 spiro atoms. The first-order chi connectivity index (χ1) is 8.22. The van der Waals surface area contributed by atoms with Gasteiger partial charge in [0.25, 0.3) is 0 Å².